The second-order valence-electron chi connectivity index (χ2n) is 6.49. The van der Waals surface area contributed by atoms with Crippen molar-refractivity contribution in [3.8, 4) is 5.75 Å². The molecule has 2 aromatic heterocycles. The van der Waals surface area contributed by atoms with Crippen LogP contribution in [-0.4, -0.2) is 31.3 Å². The number of hydrogen-bond donors (Lipinski definition) is 2. The van der Waals surface area contributed by atoms with E-state index in [0.29, 0.717) is 23.2 Å². The molecule has 1 unspecified atom stereocenters. The molecule has 0 aliphatic rings. The zero-order valence-electron chi connectivity index (χ0n) is 15.7. The van der Waals surface area contributed by atoms with Gasteiger partial charge in [-0.25, -0.2) is 27.3 Å². The molecular weight excluding hydrogens is 404 g/mol. The number of aromatic amines is 1. The largest absolute Gasteiger partial charge is 0.495 e. The third-order valence-electron chi connectivity index (χ3n) is 4.63. The minimum atomic E-state index is -4.16. The van der Waals surface area contributed by atoms with Gasteiger partial charge in [-0.05, 0) is 18.6 Å². The molecule has 3 rings (SSSR count). The van der Waals surface area contributed by atoms with E-state index in [4.69, 9.17) is 9.88 Å². The van der Waals surface area contributed by atoms with Crippen molar-refractivity contribution in [1.29, 1.82) is 0 Å². The fraction of sp³-hybridized carbons (Fsp3) is 0.263. The number of carbonyl (C=O) groups excluding carboxylic acids is 1. The Kier molecular flexibility index (Phi) is 5.67. The van der Waals surface area contributed by atoms with Crippen molar-refractivity contribution in [2.24, 2.45) is 5.14 Å². The summed E-state index contributed by atoms with van der Waals surface area (Å²) in [5.74, 6) is -2.94. The van der Waals surface area contributed by atoms with Gasteiger partial charge in [-0.3, -0.25) is 4.79 Å². The minimum Gasteiger partial charge on any atom is -0.495 e. The van der Waals surface area contributed by atoms with Crippen molar-refractivity contribution < 1.29 is 26.7 Å². The Bertz CT molecular complexity index is 1190. The monoisotopic (exact) mass is 423 g/mol. The third kappa shape index (κ3) is 3.85. The lowest BCUT2D eigenvalue weighted by Gasteiger charge is -2.17. The molecule has 10 heteroatoms. The molecule has 0 amide bonds. The molecule has 3 aromatic rings. The molecule has 0 bridgehead atoms. The number of fused-ring (bicyclic) bond motifs is 1. The van der Waals surface area contributed by atoms with Crippen LogP contribution in [0.2, 0.25) is 0 Å². The second-order valence-corrected chi connectivity index (χ2v) is 8.24. The number of rotatable bonds is 7. The standard InChI is InChI=1S/C19H19F2N3O4S/c1-3-4-15(29(22,26)27)11-5-6-14(20)16(17(11)21)18(25)13-9-24-19-12(13)7-10(28-2)8-23-19/h5-9,15H,3-4H2,1-2H3,(H,23,24)(H2,22,26,27). The molecule has 0 spiro atoms. The van der Waals surface area contributed by atoms with Gasteiger partial charge >= 0.3 is 0 Å². The molecule has 0 aliphatic carbocycles. The zero-order valence-corrected chi connectivity index (χ0v) is 16.5. The van der Waals surface area contributed by atoms with Crippen LogP contribution in [-0.2, 0) is 10.0 Å². The molecule has 0 radical (unpaired) electrons. The molecule has 29 heavy (non-hydrogen) atoms. The van der Waals surface area contributed by atoms with Crippen molar-refractivity contribution in [3.05, 3.63) is 58.9 Å². The van der Waals surface area contributed by atoms with Crippen molar-refractivity contribution in [2.75, 3.05) is 7.11 Å². The van der Waals surface area contributed by atoms with Crippen molar-refractivity contribution in [2.45, 2.75) is 25.0 Å². The highest BCUT2D eigenvalue weighted by Crippen LogP contribution is 2.32. The number of methoxy groups -OCH3 is 1. The Morgan fingerprint density at radius 3 is 2.69 bits per heavy atom. The van der Waals surface area contributed by atoms with E-state index in [1.807, 2.05) is 0 Å². The fourth-order valence-corrected chi connectivity index (χ4v) is 4.30. The number of halogens is 2. The molecule has 0 saturated carbocycles. The molecule has 154 valence electrons. The predicted molar refractivity (Wildman–Crippen MR) is 103 cm³/mol. The lowest BCUT2D eigenvalue weighted by atomic mass is 9.97. The van der Waals surface area contributed by atoms with Crippen LogP contribution in [0.3, 0.4) is 0 Å². The van der Waals surface area contributed by atoms with Gasteiger partial charge in [-0.1, -0.05) is 19.4 Å². The van der Waals surface area contributed by atoms with E-state index in [9.17, 15) is 17.6 Å². The molecule has 0 saturated heterocycles. The van der Waals surface area contributed by atoms with E-state index in [0.717, 1.165) is 12.1 Å². The van der Waals surface area contributed by atoms with E-state index in [2.05, 4.69) is 9.97 Å². The maximum atomic E-state index is 15.2. The Morgan fingerprint density at radius 1 is 1.34 bits per heavy atom. The average molecular weight is 423 g/mol. The van der Waals surface area contributed by atoms with Crippen LogP contribution in [0.4, 0.5) is 8.78 Å². The smallest absolute Gasteiger partial charge is 0.216 e. The summed E-state index contributed by atoms with van der Waals surface area (Å²) in [6, 6.07) is 3.38. The summed E-state index contributed by atoms with van der Waals surface area (Å²) in [4.78, 5) is 19.8. The summed E-state index contributed by atoms with van der Waals surface area (Å²) in [6.45, 7) is 1.71. The Hall–Kier alpha value is -2.85. The van der Waals surface area contributed by atoms with Gasteiger partial charge in [-0.2, -0.15) is 0 Å². The zero-order chi connectivity index (χ0) is 21.3. The summed E-state index contributed by atoms with van der Waals surface area (Å²) < 4.78 is 58.6. The number of carbonyl (C=O) groups is 1. The normalized spacial score (nSPS) is 12.9. The average Bonchev–Trinajstić information content (AvgIpc) is 3.09. The van der Waals surface area contributed by atoms with Crippen LogP contribution in [0.5, 0.6) is 5.75 Å². The maximum Gasteiger partial charge on any atom is 0.216 e. The van der Waals surface area contributed by atoms with Crippen molar-refractivity contribution in [3.63, 3.8) is 0 Å². The molecule has 1 aromatic carbocycles. The first-order valence-electron chi connectivity index (χ1n) is 8.74. The lowest BCUT2D eigenvalue weighted by Crippen LogP contribution is -2.23. The fourth-order valence-electron chi connectivity index (χ4n) is 3.20. The van der Waals surface area contributed by atoms with Crippen molar-refractivity contribution >= 4 is 26.8 Å². The maximum absolute atomic E-state index is 15.2. The molecule has 7 nitrogen and oxygen atoms in total. The molecule has 0 aliphatic heterocycles. The van der Waals surface area contributed by atoms with Gasteiger partial charge < -0.3 is 9.72 Å². The van der Waals surface area contributed by atoms with Gasteiger partial charge in [0.1, 0.15) is 28.3 Å². The van der Waals surface area contributed by atoms with Crippen LogP contribution < -0.4 is 9.88 Å². The van der Waals surface area contributed by atoms with E-state index in [1.165, 1.54) is 25.6 Å². The molecule has 2 heterocycles. The highest BCUT2D eigenvalue weighted by atomic mass is 32.2. The summed E-state index contributed by atoms with van der Waals surface area (Å²) in [5.41, 5.74) is -0.880. The number of ether oxygens (including phenoxy) is 1. The van der Waals surface area contributed by atoms with Gasteiger partial charge in [-0.15, -0.1) is 0 Å². The Balaban J connectivity index is 2.18. The number of ketones is 1. The first-order valence-corrected chi connectivity index (χ1v) is 10.3. The van der Waals surface area contributed by atoms with E-state index in [1.54, 1.807) is 6.92 Å². The number of benzene rings is 1. The van der Waals surface area contributed by atoms with Gasteiger partial charge in [0.15, 0.2) is 0 Å². The number of nitrogens with two attached hydrogens (primary N) is 1. The lowest BCUT2D eigenvalue weighted by molar-refractivity contribution is 0.103. The number of H-pyrrole nitrogens is 1. The first-order chi connectivity index (χ1) is 13.7. The Labute approximate surface area is 165 Å². The van der Waals surface area contributed by atoms with Crippen LogP contribution in [0.15, 0.2) is 30.6 Å². The van der Waals surface area contributed by atoms with E-state index >= 15 is 4.39 Å². The molecule has 1 atom stereocenters. The van der Waals surface area contributed by atoms with E-state index in [-0.39, 0.29) is 17.5 Å². The van der Waals surface area contributed by atoms with Gasteiger partial charge in [0.2, 0.25) is 15.8 Å². The van der Waals surface area contributed by atoms with Crippen molar-refractivity contribution in [1.82, 2.24) is 9.97 Å². The Morgan fingerprint density at radius 2 is 2.07 bits per heavy atom. The van der Waals surface area contributed by atoms with E-state index < -0.39 is 38.3 Å². The highest BCUT2D eigenvalue weighted by Gasteiger charge is 2.31. The topological polar surface area (TPSA) is 115 Å². The number of nitrogens with one attached hydrogen (secondary N) is 1. The van der Waals surface area contributed by atoms with Crippen LogP contribution in [0, 0.1) is 11.6 Å². The number of sulfonamides is 1. The van der Waals surface area contributed by atoms with Gasteiger partial charge in [0.05, 0.1) is 18.9 Å². The summed E-state index contributed by atoms with van der Waals surface area (Å²) in [7, 11) is -2.74. The summed E-state index contributed by atoms with van der Waals surface area (Å²) >= 11 is 0. The molecule has 3 N–H and O–H groups in total. The van der Waals surface area contributed by atoms with Crippen LogP contribution >= 0.6 is 0 Å². The molecule has 0 fully saturated rings. The third-order valence-corrected chi connectivity index (χ3v) is 5.91. The van der Waals surface area contributed by atoms with Gasteiger partial charge in [0, 0.05) is 22.7 Å². The number of pyridine rings is 1. The highest BCUT2D eigenvalue weighted by molar-refractivity contribution is 7.89. The summed E-state index contributed by atoms with van der Waals surface area (Å²) in [6.07, 6.45) is 3.14. The molecular formula is C19H19F2N3O4S. The number of hydrogen-bond acceptors (Lipinski definition) is 5. The van der Waals surface area contributed by atoms with Gasteiger partial charge in [0.25, 0.3) is 0 Å². The first kappa shape index (κ1) is 20.9. The van der Waals surface area contributed by atoms with Crippen LogP contribution in [0.25, 0.3) is 11.0 Å². The summed E-state index contributed by atoms with van der Waals surface area (Å²) in [5, 5.41) is 4.16. The SMILES string of the molecule is CCCC(c1ccc(F)c(C(=O)c2c[nH]c3ncc(OC)cc23)c1F)S(N)(=O)=O. The predicted octanol–water partition coefficient (Wildman–Crippen LogP) is 3.21. The second kappa shape index (κ2) is 7.88. The number of aromatic nitrogens is 2. The number of nitrogens with zero attached hydrogens (tertiary/aromatic N) is 1. The quantitative estimate of drug-likeness (QED) is 0.566. The minimum absolute atomic E-state index is 0.0241. The van der Waals surface area contributed by atoms with Crippen LogP contribution in [0.1, 0.15) is 46.5 Å². The number of primary sulfonamides is 1.